The maximum Gasteiger partial charge on any atom is 0.335 e. The van der Waals surface area contributed by atoms with Gasteiger partial charge in [0.25, 0.3) is 0 Å². The van der Waals surface area contributed by atoms with E-state index in [9.17, 15) is 9.59 Å². The summed E-state index contributed by atoms with van der Waals surface area (Å²) in [7, 11) is 1.53. The SMILES string of the molecule is COC(CN)CC(=O)N1Cc2ccc(C(=O)O)cc2C1. The number of carboxylic acids is 1. The van der Waals surface area contributed by atoms with Crippen molar-refractivity contribution in [3.63, 3.8) is 0 Å². The molecule has 3 N–H and O–H groups in total. The molecule has 1 unspecified atom stereocenters. The molecule has 0 aliphatic carbocycles. The molecule has 0 radical (unpaired) electrons. The Morgan fingerprint density at radius 1 is 1.40 bits per heavy atom. The molecule has 0 bridgehead atoms. The van der Waals surface area contributed by atoms with Gasteiger partial charge in [0.15, 0.2) is 0 Å². The highest BCUT2D eigenvalue weighted by Gasteiger charge is 2.25. The van der Waals surface area contributed by atoms with E-state index in [1.165, 1.54) is 7.11 Å². The fourth-order valence-electron chi connectivity index (χ4n) is 2.29. The number of methoxy groups -OCH3 is 1. The Labute approximate surface area is 117 Å². The number of nitrogens with two attached hydrogens (primary N) is 1. The predicted molar refractivity (Wildman–Crippen MR) is 72.1 cm³/mol. The van der Waals surface area contributed by atoms with Crippen molar-refractivity contribution in [3.8, 4) is 0 Å². The average Bonchev–Trinajstić information content (AvgIpc) is 2.87. The zero-order valence-electron chi connectivity index (χ0n) is 11.3. The van der Waals surface area contributed by atoms with Gasteiger partial charge in [0, 0.05) is 26.7 Å². The van der Waals surface area contributed by atoms with E-state index >= 15 is 0 Å². The molecule has 2 rings (SSSR count). The zero-order chi connectivity index (χ0) is 14.7. The Kier molecular flexibility index (Phi) is 4.36. The number of nitrogens with zero attached hydrogens (tertiary/aromatic N) is 1. The molecule has 1 aromatic carbocycles. The van der Waals surface area contributed by atoms with Crippen LogP contribution in [0.25, 0.3) is 0 Å². The highest BCUT2D eigenvalue weighted by Crippen LogP contribution is 2.24. The lowest BCUT2D eigenvalue weighted by Crippen LogP contribution is -2.33. The summed E-state index contributed by atoms with van der Waals surface area (Å²) in [6.07, 6.45) is -0.0342. The lowest BCUT2D eigenvalue weighted by Gasteiger charge is -2.19. The van der Waals surface area contributed by atoms with Crippen molar-refractivity contribution in [3.05, 3.63) is 34.9 Å². The quantitative estimate of drug-likeness (QED) is 0.822. The first kappa shape index (κ1) is 14.5. The van der Waals surface area contributed by atoms with Crippen molar-refractivity contribution in [2.24, 2.45) is 5.73 Å². The molecule has 0 saturated carbocycles. The monoisotopic (exact) mass is 278 g/mol. The second-order valence-electron chi connectivity index (χ2n) is 4.84. The minimum absolute atomic E-state index is 0.0321. The lowest BCUT2D eigenvalue weighted by molar-refractivity contribution is -0.134. The van der Waals surface area contributed by atoms with Gasteiger partial charge >= 0.3 is 5.97 Å². The number of amides is 1. The Morgan fingerprint density at radius 3 is 2.70 bits per heavy atom. The van der Waals surface area contributed by atoms with Gasteiger partial charge in [-0.25, -0.2) is 4.79 Å². The molecule has 0 aromatic heterocycles. The highest BCUT2D eigenvalue weighted by molar-refractivity contribution is 5.88. The average molecular weight is 278 g/mol. The third-order valence-corrected chi connectivity index (χ3v) is 3.53. The fourth-order valence-corrected chi connectivity index (χ4v) is 2.29. The van der Waals surface area contributed by atoms with Crippen molar-refractivity contribution in [2.45, 2.75) is 25.6 Å². The number of aromatic carboxylic acids is 1. The maximum atomic E-state index is 12.1. The number of hydrogen-bond donors (Lipinski definition) is 2. The number of hydrogen-bond acceptors (Lipinski definition) is 4. The van der Waals surface area contributed by atoms with Crippen LogP contribution in [0.2, 0.25) is 0 Å². The largest absolute Gasteiger partial charge is 0.478 e. The van der Waals surface area contributed by atoms with Crippen LogP contribution in [-0.4, -0.2) is 41.6 Å². The molecule has 6 nitrogen and oxygen atoms in total. The van der Waals surface area contributed by atoms with Gasteiger partial charge < -0.3 is 20.5 Å². The third-order valence-electron chi connectivity index (χ3n) is 3.53. The summed E-state index contributed by atoms with van der Waals surface area (Å²) in [5.74, 6) is -0.990. The van der Waals surface area contributed by atoms with Gasteiger partial charge in [-0.3, -0.25) is 4.79 Å². The van der Waals surface area contributed by atoms with E-state index in [2.05, 4.69) is 0 Å². The van der Waals surface area contributed by atoms with Gasteiger partial charge in [-0.05, 0) is 23.3 Å². The van der Waals surface area contributed by atoms with Crippen molar-refractivity contribution >= 4 is 11.9 Å². The molecular formula is C14H18N2O4. The van der Waals surface area contributed by atoms with Gasteiger partial charge in [0.2, 0.25) is 5.91 Å². The molecule has 1 aromatic rings. The molecule has 1 amide bonds. The number of carbonyl (C=O) groups is 2. The number of benzene rings is 1. The molecule has 1 aliphatic rings. The van der Waals surface area contributed by atoms with Crippen LogP contribution in [0.3, 0.4) is 0 Å². The molecule has 0 fully saturated rings. The molecule has 1 atom stereocenters. The maximum absolute atomic E-state index is 12.1. The summed E-state index contributed by atoms with van der Waals surface area (Å²) >= 11 is 0. The van der Waals surface area contributed by atoms with Crippen molar-refractivity contribution < 1.29 is 19.4 Å². The Balaban J connectivity index is 2.05. The predicted octanol–water partition coefficient (Wildman–Crippen LogP) is 0.591. The van der Waals surface area contributed by atoms with Crippen molar-refractivity contribution in [1.82, 2.24) is 4.90 Å². The smallest absolute Gasteiger partial charge is 0.335 e. The fraction of sp³-hybridized carbons (Fsp3) is 0.429. The molecule has 20 heavy (non-hydrogen) atoms. The second kappa shape index (κ2) is 6.02. The minimum atomic E-state index is -0.958. The number of carbonyl (C=O) groups excluding carboxylic acids is 1. The van der Waals surface area contributed by atoms with Gasteiger partial charge in [0.1, 0.15) is 0 Å². The first-order chi connectivity index (χ1) is 9.55. The van der Waals surface area contributed by atoms with Gasteiger partial charge in [0.05, 0.1) is 18.1 Å². The summed E-state index contributed by atoms with van der Waals surface area (Å²) in [6, 6.07) is 4.96. The first-order valence-electron chi connectivity index (χ1n) is 6.41. The Morgan fingerprint density at radius 2 is 2.10 bits per heavy atom. The van der Waals surface area contributed by atoms with E-state index < -0.39 is 5.97 Å². The standard InChI is InChI=1S/C14H18N2O4/c1-20-12(6-15)5-13(17)16-7-10-3-2-9(14(18)19)4-11(10)8-16/h2-4,12H,5-8,15H2,1H3,(H,18,19). The van der Waals surface area contributed by atoms with Crippen molar-refractivity contribution in [1.29, 1.82) is 0 Å². The number of carboxylic acid groups (broad SMARTS) is 1. The molecular weight excluding hydrogens is 260 g/mol. The van der Waals surface area contributed by atoms with Crippen molar-refractivity contribution in [2.75, 3.05) is 13.7 Å². The first-order valence-corrected chi connectivity index (χ1v) is 6.41. The van der Waals surface area contributed by atoms with Crippen LogP contribution >= 0.6 is 0 Å². The summed E-state index contributed by atoms with van der Waals surface area (Å²) in [5.41, 5.74) is 7.63. The van der Waals surface area contributed by atoms with Gasteiger partial charge in [-0.15, -0.1) is 0 Å². The Hall–Kier alpha value is -1.92. The van der Waals surface area contributed by atoms with E-state index in [1.54, 1.807) is 23.1 Å². The van der Waals surface area contributed by atoms with Gasteiger partial charge in [-0.2, -0.15) is 0 Å². The normalized spacial score (nSPS) is 15.0. The van der Waals surface area contributed by atoms with Crippen LogP contribution < -0.4 is 5.73 Å². The molecule has 0 spiro atoms. The molecule has 1 heterocycles. The van der Waals surface area contributed by atoms with E-state index in [-0.39, 0.29) is 24.0 Å². The number of rotatable bonds is 5. The molecule has 6 heteroatoms. The van der Waals surface area contributed by atoms with Crippen LogP contribution in [-0.2, 0) is 22.6 Å². The summed E-state index contributed by atoms with van der Waals surface area (Å²) < 4.78 is 5.11. The molecule has 1 aliphatic heterocycles. The van der Waals surface area contributed by atoms with E-state index in [0.717, 1.165) is 11.1 Å². The second-order valence-corrected chi connectivity index (χ2v) is 4.84. The van der Waals surface area contributed by atoms with Crippen LogP contribution in [0.15, 0.2) is 18.2 Å². The number of ether oxygens (including phenoxy) is 1. The zero-order valence-corrected chi connectivity index (χ0v) is 11.3. The number of fused-ring (bicyclic) bond motifs is 1. The Bertz CT molecular complexity index is 526. The van der Waals surface area contributed by atoms with E-state index in [4.69, 9.17) is 15.6 Å². The highest BCUT2D eigenvalue weighted by atomic mass is 16.5. The van der Waals surface area contributed by atoms with E-state index in [1.807, 2.05) is 0 Å². The summed E-state index contributed by atoms with van der Waals surface area (Å²) in [6.45, 7) is 1.25. The van der Waals surface area contributed by atoms with Crippen LogP contribution in [0, 0.1) is 0 Å². The van der Waals surface area contributed by atoms with Crippen LogP contribution in [0.1, 0.15) is 27.9 Å². The molecule has 0 saturated heterocycles. The summed E-state index contributed by atoms with van der Waals surface area (Å²) in [4.78, 5) is 24.8. The molecule has 108 valence electrons. The topological polar surface area (TPSA) is 92.9 Å². The minimum Gasteiger partial charge on any atom is -0.478 e. The van der Waals surface area contributed by atoms with Gasteiger partial charge in [-0.1, -0.05) is 6.07 Å². The van der Waals surface area contributed by atoms with Crippen LogP contribution in [0.4, 0.5) is 0 Å². The lowest BCUT2D eigenvalue weighted by atomic mass is 10.1. The van der Waals surface area contributed by atoms with E-state index in [0.29, 0.717) is 19.6 Å². The third kappa shape index (κ3) is 2.97. The summed E-state index contributed by atoms with van der Waals surface area (Å²) in [5, 5.41) is 8.96. The van der Waals surface area contributed by atoms with Crippen LogP contribution in [0.5, 0.6) is 0 Å².